The number of benzene rings is 1. The van der Waals surface area contributed by atoms with E-state index in [-0.39, 0.29) is 11.5 Å². The summed E-state index contributed by atoms with van der Waals surface area (Å²) in [6, 6.07) is 9.15. The summed E-state index contributed by atoms with van der Waals surface area (Å²) in [5.41, 5.74) is 9.26. The average molecular weight is 261 g/mol. The normalized spacial score (nSPS) is 22.2. The van der Waals surface area contributed by atoms with Crippen LogP contribution in [0.1, 0.15) is 44.7 Å². The van der Waals surface area contributed by atoms with Crippen molar-refractivity contribution in [3.63, 3.8) is 0 Å². The maximum absolute atomic E-state index is 6.32. The summed E-state index contributed by atoms with van der Waals surface area (Å²) in [6.07, 6.45) is 3.32. The molecular formula is C17H27NO. The molecule has 0 amide bonds. The van der Waals surface area contributed by atoms with Crippen molar-refractivity contribution in [2.75, 3.05) is 13.2 Å². The van der Waals surface area contributed by atoms with E-state index in [2.05, 4.69) is 45.0 Å². The van der Waals surface area contributed by atoms with Gasteiger partial charge >= 0.3 is 0 Å². The second-order valence-corrected chi connectivity index (χ2v) is 6.79. The summed E-state index contributed by atoms with van der Waals surface area (Å²) in [5.74, 6) is 0.524. The van der Waals surface area contributed by atoms with E-state index in [1.165, 1.54) is 17.5 Å². The predicted octanol–water partition coefficient (Wildman–Crippen LogP) is 3.28. The molecule has 1 fully saturated rings. The quantitative estimate of drug-likeness (QED) is 0.906. The van der Waals surface area contributed by atoms with Gasteiger partial charge in [0.15, 0.2) is 0 Å². The van der Waals surface area contributed by atoms with Crippen molar-refractivity contribution in [3.8, 4) is 0 Å². The molecule has 0 aromatic heterocycles. The Morgan fingerprint density at radius 3 is 2.47 bits per heavy atom. The highest BCUT2D eigenvalue weighted by atomic mass is 16.5. The summed E-state index contributed by atoms with van der Waals surface area (Å²) in [5, 5.41) is 0. The Kier molecular flexibility index (Phi) is 4.64. The first-order chi connectivity index (χ1) is 8.97. The molecule has 0 bridgehead atoms. The molecule has 2 nitrogen and oxygen atoms in total. The smallest absolute Gasteiger partial charge is 0.0509 e. The fourth-order valence-corrected chi connectivity index (χ4v) is 2.68. The van der Waals surface area contributed by atoms with Gasteiger partial charge in [0.05, 0.1) is 6.61 Å². The molecule has 1 saturated heterocycles. The lowest BCUT2D eigenvalue weighted by Gasteiger charge is -2.27. The van der Waals surface area contributed by atoms with E-state index < -0.39 is 0 Å². The van der Waals surface area contributed by atoms with Gasteiger partial charge in [0.2, 0.25) is 0 Å². The molecule has 2 heteroatoms. The molecule has 0 saturated carbocycles. The summed E-state index contributed by atoms with van der Waals surface area (Å²) >= 11 is 0. The third kappa shape index (κ3) is 4.05. The van der Waals surface area contributed by atoms with Crippen molar-refractivity contribution >= 4 is 0 Å². The van der Waals surface area contributed by atoms with E-state index >= 15 is 0 Å². The predicted molar refractivity (Wildman–Crippen MR) is 80.4 cm³/mol. The Morgan fingerprint density at radius 2 is 1.95 bits per heavy atom. The van der Waals surface area contributed by atoms with Crippen LogP contribution in [-0.2, 0) is 16.6 Å². The Labute approximate surface area is 117 Å². The molecule has 1 aliphatic rings. The molecule has 19 heavy (non-hydrogen) atoms. The first-order valence-electron chi connectivity index (χ1n) is 7.39. The Bertz CT molecular complexity index is 385. The standard InChI is InChI=1S/C17H27NO/c1-17(2,3)15-8-6-13(7-9-15)11-16(18)14-5-4-10-19-12-14/h6-9,14,16H,4-5,10-12,18H2,1-3H3. The van der Waals surface area contributed by atoms with Crippen molar-refractivity contribution in [3.05, 3.63) is 35.4 Å². The van der Waals surface area contributed by atoms with E-state index in [0.717, 1.165) is 26.1 Å². The van der Waals surface area contributed by atoms with Gasteiger partial charge in [-0.1, -0.05) is 45.0 Å². The zero-order valence-corrected chi connectivity index (χ0v) is 12.5. The Hall–Kier alpha value is -0.860. The van der Waals surface area contributed by atoms with Gasteiger partial charge in [0.25, 0.3) is 0 Å². The number of nitrogens with two attached hydrogens (primary N) is 1. The fraction of sp³-hybridized carbons (Fsp3) is 0.647. The molecule has 0 aliphatic carbocycles. The summed E-state index contributed by atoms with van der Waals surface area (Å²) in [7, 11) is 0. The highest BCUT2D eigenvalue weighted by Crippen LogP contribution is 2.23. The van der Waals surface area contributed by atoms with E-state index in [1.54, 1.807) is 0 Å². The van der Waals surface area contributed by atoms with Crippen LogP contribution in [0.2, 0.25) is 0 Å². The maximum atomic E-state index is 6.32. The molecular weight excluding hydrogens is 234 g/mol. The second-order valence-electron chi connectivity index (χ2n) is 6.79. The van der Waals surface area contributed by atoms with Crippen LogP contribution in [0.15, 0.2) is 24.3 Å². The first kappa shape index (κ1) is 14.5. The maximum Gasteiger partial charge on any atom is 0.0509 e. The molecule has 106 valence electrons. The van der Waals surface area contributed by atoms with Crippen LogP contribution < -0.4 is 5.73 Å². The van der Waals surface area contributed by atoms with Crippen LogP contribution in [0.4, 0.5) is 0 Å². The van der Waals surface area contributed by atoms with E-state index in [9.17, 15) is 0 Å². The van der Waals surface area contributed by atoms with Crippen LogP contribution >= 0.6 is 0 Å². The number of hydrogen-bond acceptors (Lipinski definition) is 2. The van der Waals surface area contributed by atoms with Crippen molar-refractivity contribution < 1.29 is 4.74 Å². The molecule has 2 atom stereocenters. The number of hydrogen-bond donors (Lipinski definition) is 1. The average Bonchev–Trinajstić information content (AvgIpc) is 2.39. The van der Waals surface area contributed by atoms with Crippen LogP contribution in [0, 0.1) is 5.92 Å². The fourth-order valence-electron chi connectivity index (χ4n) is 2.68. The third-order valence-electron chi connectivity index (χ3n) is 4.09. The van der Waals surface area contributed by atoms with Gasteiger partial charge in [-0.05, 0) is 41.7 Å². The SMILES string of the molecule is CC(C)(C)c1ccc(CC(N)C2CCCOC2)cc1. The molecule has 2 N–H and O–H groups in total. The highest BCUT2D eigenvalue weighted by Gasteiger charge is 2.21. The Morgan fingerprint density at radius 1 is 1.26 bits per heavy atom. The minimum Gasteiger partial charge on any atom is -0.381 e. The van der Waals surface area contributed by atoms with Gasteiger partial charge in [-0.3, -0.25) is 0 Å². The van der Waals surface area contributed by atoms with Crippen molar-refractivity contribution in [2.24, 2.45) is 11.7 Å². The van der Waals surface area contributed by atoms with Crippen LogP contribution in [0.3, 0.4) is 0 Å². The molecule has 0 spiro atoms. The summed E-state index contributed by atoms with van der Waals surface area (Å²) < 4.78 is 5.52. The zero-order valence-electron chi connectivity index (χ0n) is 12.5. The van der Waals surface area contributed by atoms with E-state index in [1.807, 2.05) is 0 Å². The van der Waals surface area contributed by atoms with Gasteiger partial charge in [-0.2, -0.15) is 0 Å². The number of rotatable bonds is 3. The van der Waals surface area contributed by atoms with Gasteiger partial charge in [0.1, 0.15) is 0 Å². The first-order valence-corrected chi connectivity index (χ1v) is 7.39. The summed E-state index contributed by atoms with van der Waals surface area (Å²) in [6.45, 7) is 8.47. The number of ether oxygens (including phenoxy) is 1. The largest absolute Gasteiger partial charge is 0.381 e. The molecule has 1 heterocycles. The van der Waals surface area contributed by atoms with Crippen molar-refractivity contribution in [2.45, 2.75) is 51.5 Å². The van der Waals surface area contributed by atoms with Crippen LogP contribution in [0.25, 0.3) is 0 Å². The lowest BCUT2D eigenvalue weighted by molar-refractivity contribution is 0.0450. The topological polar surface area (TPSA) is 35.2 Å². The third-order valence-corrected chi connectivity index (χ3v) is 4.09. The second kappa shape index (κ2) is 6.06. The minimum atomic E-state index is 0.220. The zero-order chi connectivity index (χ0) is 13.9. The van der Waals surface area contributed by atoms with Gasteiger partial charge < -0.3 is 10.5 Å². The minimum absolute atomic E-state index is 0.220. The highest BCUT2D eigenvalue weighted by molar-refractivity contribution is 5.28. The van der Waals surface area contributed by atoms with Gasteiger partial charge in [-0.25, -0.2) is 0 Å². The molecule has 1 aliphatic heterocycles. The molecule has 1 aromatic rings. The van der Waals surface area contributed by atoms with Gasteiger partial charge in [-0.15, -0.1) is 0 Å². The monoisotopic (exact) mass is 261 g/mol. The van der Waals surface area contributed by atoms with Crippen molar-refractivity contribution in [1.82, 2.24) is 0 Å². The van der Waals surface area contributed by atoms with Crippen LogP contribution in [-0.4, -0.2) is 19.3 Å². The summed E-state index contributed by atoms with van der Waals surface area (Å²) in [4.78, 5) is 0. The molecule has 2 rings (SSSR count). The molecule has 2 unspecified atom stereocenters. The lowest BCUT2D eigenvalue weighted by Crippen LogP contribution is -2.37. The van der Waals surface area contributed by atoms with E-state index in [4.69, 9.17) is 10.5 Å². The van der Waals surface area contributed by atoms with E-state index in [0.29, 0.717) is 5.92 Å². The lowest BCUT2D eigenvalue weighted by atomic mass is 9.85. The molecule has 0 radical (unpaired) electrons. The van der Waals surface area contributed by atoms with Crippen LogP contribution in [0.5, 0.6) is 0 Å². The molecule has 1 aromatic carbocycles. The van der Waals surface area contributed by atoms with Crippen molar-refractivity contribution in [1.29, 1.82) is 0 Å². The van der Waals surface area contributed by atoms with Gasteiger partial charge in [0, 0.05) is 12.6 Å². The Balaban J connectivity index is 1.95.